The first-order valence-electron chi connectivity index (χ1n) is 11.3. The molecule has 8 heteroatoms. The molecule has 1 saturated heterocycles. The van der Waals surface area contributed by atoms with Gasteiger partial charge in [0.1, 0.15) is 5.82 Å². The Morgan fingerprint density at radius 2 is 1.97 bits per heavy atom. The molecule has 180 valence electrons. The minimum atomic E-state index is -0.504. The number of Topliss-reactive ketones (excluding diaryl/α,β-unsaturated/α-hetero) is 1. The average molecular weight is 459 g/mol. The number of hydrogen-bond acceptors (Lipinski definition) is 6. The summed E-state index contributed by atoms with van der Waals surface area (Å²) in [7, 11) is 0. The molecule has 0 aromatic heterocycles. The Labute approximate surface area is 196 Å². The number of benzene rings is 2. The summed E-state index contributed by atoms with van der Waals surface area (Å²) in [6.45, 7) is 5.05. The number of piperidine rings is 1. The molecule has 3 rings (SSSR count). The Morgan fingerprint density at radius 1 is 1.24 bits per heavy atom. The smallest absolute Gasteiger partial charge is 0.274 e. The molecule has 1 aliphatic rings. The third-order valence-electron chi connectivity index (χ3n) is 5.89. The zero-order chi connectivity index (χ0) is 23.6. The maximum atomic E-state index is 13.1. The molecule has 2 N–H and O–H groups in total. The lowest BCUT2D eigenvalue weighted by atomic mass is 9.90. The van der Waals surface area contributed by atoms with E-state index in [4.69, 9.17) is 0 Å². The Bertz CT molecular complexity index is 981. The molecule has 2 aromatic rings. The summed E-state index contributed by atoms with van der Waals surface area (Å²) in [6.07, 6.45) is 4.98. The minimum absolute atomic E-state index is 0. The fourth-order valence-electron chi connectivity index (χ4n) is 4.09. The topological polar surface area (TPSA) is 87.5 Å². The van der Waals surface area contributed by atoms with Gasteiger partial charge in [-0.25, -0.2) is 4.39 Å². The van der Waals surface area contributed by atoms with Crippen LogP contribution >= 0.6 is 0 Å². The molecule has 0 bridgehead atoms. The van der Waals surface area contributed by atoms with Gasteiger partial charge in [-0.2, -0.15) is 0 Å². The zero-order valence-corrected chi connectivity index (χ0v) is 18.9. The summed E-state index contributed by atoms with van der Waals surface area (Å²) >= 11 is 0. The van der Waals surface area contributed by atoms with E-state index in [1.54, 1.807) is 24.3 Å². The van der Waals surface area contributed by atoms with Crippen LogP contribution in [0.4, 0.5) is 10.1 Å². The molecule has 0 radical (unpaired) electrons. The molecule has 1 heterocycles. The van der Waals surface area contributed by atoms with Crippen LogP contribution in [0, 0.1) is 21.8 Å². The van der Waals surface area contributed by atoms with E-state index >= 15 is 0 Å². The van der Waals surface area contributed by atoms with Crippen molar-refractivity contribution in [3.05, 3.63) is 87.6 Å². The summed E-state index contributed by atoms with van der Waals surface area (Å²) in [5.74, 6) is 0.652. The Morgan fingerprint density at radius 3 is 2.64 bits per heavy atom. The van der Waals surface area contributed by atoms with Crippen LogP contribution in [-0.4, -0.2) is 41.8 Å². The molecule has 1 fully saturated rings. The van der Waals surface area contributed by atoms with E-state index in [9.17, 15) is 19.3 Å². The maximum Gasteiger partial charge on any atom is 0.274 e. The van der Waals surface area contributed by atoms with Crippen molar-refractivity contribution in [2.75, 3.05) is 31.5 Å². The van der Waals surface area contributed by atoms with Gasteiger partial charge >= 0.3 is 0 Å². The lowest BCUT2D eigenvalue weighted by Crippen LogP contribution is -2.36. The van der Waals surface area contributed by atoms with Crippen molar-refractivity contribution in [3.63, 3.8) is 0 Å². The van der Waals surface area contributed by atoms with Gasteiger partial charge in [0.2, 0.25) is 0 Å². The first-order chi connectivity index (χ1) is 15.9. The van der Waals surface area contributed by atoms with Crippen LogP contribution in [-0.2, 0) is 6.42 Å². The maximum absolute atomic E-state index is 13.1. The summed E-state index contributed by atoms with van der Waals surface area (Å²) in [5, 5.41) is 17.1. The zero-order valence-electron chi connectivity index (χ0n) is 18.9. The molecular formula is C25H35FN4O3. The number of carbonyl (C=O) groups excluding carboxylic acids is 1. The van der Waals surface area contributed by atoms with Crippen LogP contribution < -0.4 is 10.6 Å². The van der Waals surface area contributed by atoms with E-state index in [0.29, 0.717) is 29.5 Å². The number of nitrogens with one attached hydrogen (secondary N) is 2. The molecule has 0 unspecified atom stereocenters. The van der Waals surface area contributed by atoms with E-state index in [0.717, 1.165) is 51.5 Å². The number of nitrogens with zero attached hydrogens (tertiary/aromatic N) is 2. The number of rotatable bonds is 11. The van der Waals surface area contributed by atoms with Crippen LogP contribution in [0.25, 0.3) is 0 Å². The van der Waals surface area contributed by atoms with Crippen molar-refractivity contribution < 1.29 is 17.0 Å². The van der Waals surface area contributed by atoms with Gasteiger partial charge in [0, 0.05) is 20.6 Å². The molecule has 0 spiro atoms. The van der Waals surface area contributed by atoms with Gasteiger partial charge in [-0.15, -0.1) is 0 Å². The van der Waals surface area contributed by atoms with Crippen molar-refractivity contribution in [2.45, 2.75) is 32.6 Å². The number of likely N-dealkylation sites (tertiary alicyclic amines) is 1. The number of anilines is 1. The summed E-state index contributed by atoms with van der Waals surface area (Å²) in [6, 6.07) is 13.7. The predicted molar refractivity (Wildman–Crippen MR) is 131 cm³/mol. The van der Waals surface area contributed by atoms with Crippen LogP contribution in [0.3, 0.4) is 0 Å². The van der Waals surface area contributed by atoms with Crippen LogP contribution in [0.2, 0.25) is 0 Å². The van der Waals surface area contributed by atoms with E-state index in [1.165, 1.54) is 24.6 Å². The normalized spacial score (nSPS) is 15.3. The number of hydrogen-bond donors (Lipinski definition) is 2. The molecule has 0 aliphatic carbocycles. The number of carbonyl (C=O) groups is 1. The van der Waals surface area contributed by atoms with Crippen molar-refractivity contribution in [1.82, 2.24) is 10.2 Å². The Hall–Kier alpha value is -3.26. The van der Waals surface area contributed by atoms with Gasteiger partial charge in [-0.05, 0) is 88.0 Å². The van der Waals surface area contributed by atoms with E-state index in [-0.39, 0.29) is 14.5 Å². The highest BCUT2D eigenvalue weighted by molar-refractivity contribution is 5.94. The lowest BCUT2D eigenvalue weighted by Gasteiger charge is -2.32. The molecule has 0 amide bonds. The number of ketones is 1. The van der Waals surface area contributed by atoms with Gasteiger partial charge < -0.3 is 15.5 Å². The first kappa shape index (κ1) is 24.4. The van der Waals surface area contributed by atoms with E-state index in [1.807, 2.05) is 12.1 Å². The molecule has 0 saturated carbocycles. The highest BCUT2D eigenvalue weighted by Gasteiger charge is 2.19. The quantitative estimate of drug-likeness (QED) is 0.215. The van der Waals surface area contributed by atoms with Crippen LogP contribution in [0.15, 0.2) is 60.6 Å². The number of halogens is 1. The van der Waals surface area contributed by atoms with Crippen LogP contribution in [0.5, 0.6) is 0 Å². The van der Waals surface area contributed by atoms with Gasteiger partial charge in [-0.1, -0.05) is 24.3 Å². The molecule has 33 heavy (non-hydrogen) atoms. The summed E-state index contributed by atoms with van der Waals surface area (Å²) < 4.78 is 13.1. The Balaban J connectivity index is 0.00000306. The fourth-order valence-corrected chi connectivity index (χ4v) is 4.09. The molecule has 2 aromatic carbocycles. The monoisotopic (exact) mass is 458 g/mol. The second kappa shape index (κ2) is 12.1. The number of nitro groups is 1. The SMILES string of the molecule is CC(=O)c1cccc(NC(=C[N+](=O)[O-])NCCCN2CCC(Cc3ccc(F)cc3)CC2)c1.[HH].[HH]. The molecule has 7 nitrogen and oxygen atoms in total. The van der Waals surface area contributed by atoms with Crippen molar-refractivity contribution in [2.24, 2.45) is 5.92 Å². The largest absolute Gasteiger partial charge is 0.366 e. The second-order valence-corrected chi connectivity index (χ2v) is 8.49. The summed E-state index contributed by atoms with van der Waals surface area (Å²) in [5.41, 5.74) is 2.35. The molecule has 0 atom stereocenters. The van der Waals surface area contributed by atoms with Crippen molar-refractivity contribution >= 4 is 11.5 Å². The van der Waals surface area contributed by atoms with Gasteiger partial charge in [0.05, 0.1) is 4.92 Å². The average Bonchev–Trinajstić information content (AvgIpc) is 2.79. The van der Waals surface area contributed by atoms with Crippen LogP contribution in [0.1, 0.15) is 45.0 Å². The summed E-state index contributed by atoms with van der Waals surface area (Å²) in [4.78, 5) is 24.5. The van der Waals surface area contributed by atoms with Gasteiger partial charge in [-0.3, -0.25) is 14.9 Å². The van der Waals surface area contributed by atoms with Gasteiger partial charge in [0.25, 0.3) is 6.20 Å². The highest BCUT2D eigenvalue weighted by Crippen LogP contribution is 2.22. The molecule has 1 aliphatic heterocycles. The van der Waals surface area contributed by atoms with E-state index in [2.05, 4.69) is 15.5 Å². The standard InChI is InChI=1S/C25H31FN4O3.2H2/c1-19(31)22-4-2-5-24(17-22)28-25(18-30(32)33)27-12-3-13-29-14-10-21(11-15-29)16-20-6-8-23(26)9-7-20;;/h2,4-9,17-18,21,27-28H,3,10-16H2,1H3;2*1H. The first-order valence-corrected chi connectivity index (χ1v) is 11.3. The van der Waals surface area contributed by atoms with E-state index < -0.39 is 4.92 Å². The third kappa shape index (κ3) is 8.31. The highest BCUT2D eigenvalue weighted by atomic mass is 19.1. The third-order valence-corrected chi connectivity index (χ3v) is 5.89. The lowest BCUT2D eigenvalue weighted by molar-refractivity contribution is -0.403. The van der Waals surface area contributed by atoms with Crippen molar-refractivity contribution in [1.29, 1.82) is 0 Å². The predicted octanol–water partition coefficient (Wildman–Crippen LogP) is 4.94. The fraction of sp³-hybridized carbons (Fsp3) is 0.400. The van der Waals surface area contributed by atoms with Crippen molar-refractivity contribution in [3.8, 4) is 0 Å². The minimum Gasteiger partial charge on any atom is -0.366 e. The second-order valence-electron chi connectivity index (χ2n) is 8.49. The van der Waals surface area contributed by atoms with Gasteiger partial charge in [0.15, 0.2) is 11.6 Å². The Kier molecular flexibility index (Phi) is 8.95. The molecular weight excluding hydrogens is 423 g/mol.